The maximum atomic E-state index is 11.0. The molecule has 0 amide bonds. The third-order valence-electron chi connectivity index (χ3n) is 2.23. The standard InChI is InChI=1S/C7H13NO3/c1-11-6(10)7(8)4-2-3-5(7)9/h5,9H,2-4,8H2,1H3. The van der Waals surface area contributed by atoms with E-state index in [1.54, 1.807) is 0 Å². The quantitative estimate of drug-likeness (QED) is 0.501. The van der Waals surface area contributed by atoms with Gasteiger partial charge in [-0.25, -0.2) is 4.79 Å². The summed E-state index contributed by atoms with van der Waals surface area (Å²) >= 11 is 0. The molecule has 1 aliphatic rings. The van der Waals surface area contributed by atoms with Crippen LogP contribution < -0.4 is 5.73 Å². The van der Waals surface area contributed by atoms with Crippen LogP contribution in [-0.4, -0.2) is 29.8 Å². The van der Waals surface area contributed by atoms with Crippen molar-refractivity contribution in [3.05, 3.63) is 0 Å². The predicted molar refractivity (Wildman–Crippen MR) is 38.8 cm³/mol. The Morgan fingerprint density at radius 1 is 1.82 bits per heavy atom. The molecule has 1 aliphatic carbocycles. The van der Waals surface area contributed by atoms with Crippen molar-refractivity contribution in [2.45, 2.75) is 30.9 Å². The van der Waals surface area contributed by atoms with Crippen molar-refractivity contribution >= 4 is 5.97 Å². The fourth-order valence-corrected chi connectivity index (χ4v) is 1.44. The van der Waals surface area contributed by atoms with Crippen LogP contribution in [0.3, 0.4) is 0 Å². The first-order valence-electron chi connectivity index (χ1n) is 3.66. The van der Waals surface area contributed by atoms with E-state index < -0.39 is 17.6 Å². The predicted octanol–water partition coefficient (Wildman–Crippen LogP) is -0.598. The molecule has 1 rings (SSSR count). The van der Waals surface area contributed by atoms with Crippen LogP contribution >= 0.6 is 0 Å². The number of aliphatic hydroxyl groups is 1. The van der Waals surface area contributed by atoms with Crippen molar-refractivity contribution in [2.75, 3.05) is 7.11 Å². The van der Waals surface area contributed by atoms with Gasteiger partial charge in [0, 0.05) is 0 Å². The first kappa shape index (κ1) is 8.49. The molecule has 0 radical (unpaired) electrons. The Balaban J connectivity index is 2.72. The lowest BCUT2D eigenvalue weighted by Crippen LogP contribution is -2.54. The molecule has 0 aromatic rings. The summed E-state index contributed by atoms with van der Waals surface area (Å²) in [6, 6.07) is 0. The maximum absolute atomic E-state index is 11.0. The molecule has 11 heavy (non-hydrogen) atoms. The van der Waals surface area contributed by atoms with Crippen LogP contribution in [-0.2, 0) is 9.53 Å². The molecule has 1 saturated carbocycles. The third kappa shape index (κ3) is 1.23. The molecule has 0 aromatic carbocycles. The highest BCUT2D eigenvalue weighted by Gasteiger charge is 2.45. The molecular formula is C7H13NO3. The summed E-state index contributed by atoms with van der Waals surface area (Å²) in [6.07, 6.45) is 1.15. The second-order valence-electron chi connectivity index (χ2n) is 2.94. The smallest absolute Gasteiger partial charge is 0.328 e. The number of ether oxygens (including phenoxy) is 1. The van der Waals surface area contributed by atoms with E-state index in [4.69, 9.17) is 5.73 Å². The molecule has 0 bridgehead atoms. The molecule has 0 aromatic heterocycles. The fourth-order valence-electron chi connectivity index (χ4n) is 1.44. The number of hydrogen-bond acceptors (Lipinski definition) is 4. The van der Waals surface area contributed by atoms with Crippen molar-refractivity contribution in [2.24, 2.45) is 5.73 Å². The van der Waals surface area contributed by atoms with Crippen LogP contribution in [0.5, 0.6) is 0 Å². The van der Waals surface area contributed by atoms with Crippen molar-refractivity contribution in [1.29, 1.82) is 0 Å². The monoisotopic (exact) mass is 159 g/mol. The molecule has 0 heterocycles. The Labute approximate surface area is 65.3 Å². The molecule has 64 valence electrons. The first-order valence-corrected chi connectivity index (χ1v) is 3.66. The van der Waals surface area contributed by atoms with Crippen LogP contribution in [0, 0.1) is 0 Å². The molecule has 2 atom stereocenters. The Morgan fingerprint density at radius 2 is 2.45 bits per heavy atom. The van der Waals surface area contributed by atoms with Gasteiger partial charge in [-0.1, -0.05) is 0 Å². The normalized spacial score (nSPS) is 37.2. The fraction of sp³-hybridized carbons (Fsp3) is 0.857. The topological polar surface area (TPSA) is 72.5 Å². The lowest BCUT2D eigenvalue weighted by molar-refractivity contribution is -0.150. The van der Waals surface area contributed by atoms with E-state index in [-0.39, 0.29) is 0 Å². The lowest BCUT2D eigenvalue weighted by Gasteiger charge is -2.23. The number of hydrogen-bond donors (Lipinski definition) is 2. The van der Waals surface area contributed by atoms with Gasteiger partial charge < -0.3 is 15.6 Å². The summed E-state index contributed by atoms with van der Waals surface area (Å²) in [6.45, 7) is 0. The number of esters is 1. The summed E-state index contributed by atoms with van der Waals surface area (Å²) in [5.41, 5.74) is 4.49. The number of aliphatic hydroxyl groups excluding tert-OH is 1. The number of rotatable bonds is 1. The number of carbonyl (C=O) groups excluding carboxylic acids is 1. The van der Waals surface area contributed by atoms with E-state index >= 15 is 0 Å². The average Bonchev–Trinajstić information content (AvgIpc) is 2.32. The summed E-state index contributed by atoms with van der Waals surface area (Å²) in [5, 5.41) is 9.32. The van der Waals surface area contributed by atoms with Gasteiger partial charge in [0.25, 0.3) is 0 Å². The third-order valence-corrected chi connectivity index (χ3v) is 2.23. The van der Waals surface area contributed by atoms with Gasteiger partial charge in [-0.2, -0.15) is 0 Å². The zero-order valence-corrected chi connectivity index (χ0v) is 6.54. The van der Waals surface area contributed by atoms with Gasteiger partial charge in [-0.3, -0.25) is 0 Å². The zero-order valence-electron chi connectivity index (χ0n) is 6.54. The van der Waals surface area contributed by atoms with Crippen LogP contribution in [0.1, 0.15) is 19.3 Å². The van der Waals surface area contributed by atoms with Crippen LogP contribution in [0.4, 0.5) is 0 Å². The largest absolute Gasteiger partial charge is 0.468 e. The van der Waals surface area contributed by atoms with Gasteiger partial charge >= 0.3 is 5.97 Å². The molecule has 4 heteroatoms. The van der Waals surface area contributed by atoms with E-state index in [1.165, 1.54) is 7.11 Å². The van der Waals surface area contributed by atoms with Crippen LogP contribution in [0.25, 0.3) is 0 Å². The molecule has 2 unspecified atom stereocenters. The first-order chi connectivity index (χ1) is 5.11. The number of methoxy groups -OCH3 is 1. The minimum Gasteiger partial charge on any atom is -0.468 e. The second-order valence-corrected chi connectivity index (χ2v) is 2.94. The highest BCUT2D eigenvalue weighted by atomic mass is 16.5. The summed E-state index contributed by atoms with van der Waals surface area (Å²) < 4.78 is 4.48. The lowest BCUT2D eigenvalue weighted by atomic mass is 9.97. The molecule has 4 nitrogen and oxygen atoms in total. The Hall–Kier alpha value is -0.610. The maximum Gasteiger partial charge on any atom is 0.328 e. The molecule has 0 saturated heterocycles. The van der Waals surface area contributed by atoms with Crippen LogP contribution in [0.15, 0.2) is 0 Å². The van der Waals surface area contributed by atoms with Gasteiger partial charge in [-0.15, -0.1) is 0 Å². The average molecular weight is 159 g/mol. The number of nitrogens with two attached hydrogens (primary N) is 1. The van der Waals surface area contributed by atoms with Gasteiger partial charge in [0.15, 0.2) is 0 Å². The summed E-state index contributed by atoms with van der Waals surface area (Å²) in [5.74, 6) is -0.512. The van der Waals surface area contributed by atoms with E-state index in [2.05, 4.69) is 4.74 Å². The zero-order chi connectivity index (χ0) is 8.48. The van der Waals surface area contributed by atoms with E-state index in [0.29, 0.717) is 12.8 Å². The SMILES string of the molecule is COC(=O)C1(N)CCCC1O. The minimum atomic E-state index is -1.14. The molecular weight excluding hydrogens is 146 g/mol. The van der Waals surface area contributed by atoms with Gasteiger partial charge in [0.2, 0.25) is 0 Å². The van der Waals surface area contributed by atoms with Crippen molar-refractivity contribution in [3.63, 3.8) is 0 Å². The Bertz CT molecular complexity index is 171. The van der Waals surface area contributed by atoms with Gasteiger partial charge in [-0.05, 0) is 19.3 Å². The number of carbonyl (C=O) groups is 1. The van der Waals surface area contributed by atoms with E-state index in [9.17, 15) is 9.90 Å². The second kappa shape index (κ2) is 2.79. The minimum absolute atomic E-state index is 0.512. The van der Waals surface area contributed by atoms with Crippen molar-refractivity contribution in [1.82, 2.24) is 0 Å². The molecule has 1 fully saturated rings. The highest BCUT2D eigenvalue weighted by molar-refractivity contribution is 5.81. The summed E-state index contributed by atoms with van der Waals surface area (Å²) in [7, 11) is 1.28. The van der Waals surface area contributed by atoms with Gasteiger partial charge in [0.1, 0.15) is 5.54 Å². The highest BCUT2D eigenvalue weighted by Crippen LogP contribution is 2.28. The van der Waals surface area contributed by atoms with Crippen LogP contribution in [0.2, 0.25) is 0 Å². The molecule has 0 aliphatic heterocycles. The van der Waals surface area contributed by atoms with Gasteiger partial charge in [0.05, 0.1) is 13.2 Å². The Morgan fingerprint density at radius 3 is 2.82 bits per heavy atom. The van der Waals surface area contributed by atoms with Crippen molar-refractivity contribution < 1.29 is 14.6 Å². The van der Waals surface area contributed by atoms with E-state index in [0.717, 1.165) is 6.42 Å². The summed E-state index contributed by atoms with van der Waals surface area (Å²) in [4.78, 5) is 11.0. The molecule has 0 spiro atoms. The molecule has 3 N–H and O–H groups in total. The van der Waals surface area contributed by atoms with Crippen molar-refractivity contribution in [3.8, 4) is 0 Å². The van der Waals surface area contributed by atoms with E-state index in [1.807, 2.05) is 0 Å². The Kier molecular flexibility index (Phi) is 2.15.